The van der Waals surface area contributed by atoms with Gasteiger partial charge in [0.05, 0.1) is 7.11 Å². The number of rotatable bonds is 4. The third-order valence-corrected chi connectivity index (χ3v) is 4.27. The highest BCUT2D eigenvalue weighted by atomic mass is 32.1. The van der Waals surface area contributed by atoms with Gasteiger partial charge in [-0.15, -0.1) is 0 Å². The van der Waals surface area contributed by atoms with Gasteiger partial charge in [0.1, 0.15) is 5.75 Å². The fourth-order valence-electron chi connectivity index (χ4n) is 2.72. The second kappa shape index (κ2) is 7.61. The Balaban J connectivity index is 1.81. The Bertz CT molecular complexity index is 453. The number of benzene rings is 1. The molecule has 116 valence electrons. The van der Waals surface area contributed by atoms with Crippen molar-refractivity contribution in [3.63, 3.8) is 0 Å². The summed E-state index contributed by atoms with van der Waals surface area (Å²) in [6, 6.07) is 9.05. The Morgan fingerprint density at radius 2 is 1.86 bits per heavy atom. The summed E-state index contributed by atoms with van der Waals surface area (Å²) in [6.45, 7) is 5.20. The molecule has 1 saturated heterocycles. The molecule has 0 aromatic heterocycles. The first kappa shape index (κ1) is 16.0. The van der Waals surface area contributed by atoms with Crippen molar-refractivity contribution in [2.24, 2.45) is 0 Å². The van der Waals surface area contributed by atoms with Crippen LogP contribution in [0.2, 0.25) is 0 Å². The van der Waals surface area contributed by atoms with Gasteiger partial charge in [0.2, 0.25) is 0 Å². The van der Waals surface area contributed by atoms with Crippen LogP contribution >= 0.6 is 12.2 Å². The minimum atomic E-state index is 0.523. The van der Waals surface area contributed by atoms with Crippen molar-refractivity contribution in [3.05, 3.63) is 29.8 Å². The lowest BCUT2D eigenvalue weighted by atomic mass is 10.00. The average molecular weight is 307 g/mol. The number of ether oxygens (including phenoxy) is 1. The van der Waals surface area contributed by atoms with Gasteiger partial charge >= 0.3 is 0 Å². The van der Waals surface area contributed by atoms with Crippen molar-refractivity contribution >= 4 is 17.3 Å². The lowest BCUT2D eigenvalue weighted by molar-refractivity contribution is 0.0736. The van der Waals surface area contributed by atoms with Crippen molar-refractivity contribution in [1.82, 2.24) is 15.8 Å². The molecule has 0 aliphatic carbocycles. The van der Waals surface area contributed by atoms with Crippen molar-refractivity contribution < 1.29 is 4.74 Å². The summed E-state index contributed by atoms with van der Waals surface area (Å²) in [4.78, 5) is 0. The standard InChI is InChI=1S/C16H25N3OS/c1-12-5-4-6-13(2)19(12)18-16(21)17-11-14-7-9-15(20-3)10-8-14/h7-10,12-13H,4-6,11H2,1-3H3,(H2,17,18,21). The number of piperidine rings is 1. The maximum absolute atomic E-state index is 5.40. The lowest BCUT2D eigenvalue weighted by Crippen LogP contribution is -2.56. The predicted molar refractivity (Wildman–Crippen MR) is 90.2 cm³/mol. The first-order valence-corrected chi connectivity index (χ1v) is 7.96. The van der Waals surface area contributed by atoms with Crippen molar-refractivity contribution in [1.29, 1.82) is 0 Å². The Kier molecular flexibility index (Phi) is 5.82. The van der Waals surface area contributed by atoms with E-state index in [1.165, 1.54) is 24.8 Å². The van der Waals surface area contributed by atoms with E-state index in [2.05, 4.69) is 29.6 Å². The van der Waals surface area contributed by atoms with Crippen LogP contribution in [0.15, 0.2) is 24.3 Å². The predicted octanol–water partition coefficient (Wildman–Crippen LogP) is 2.84. The fraction of sp³-hybridized carbons (Fsp3) is 0.562. The highest BCUT2D eigenvalue weighted by Crippen LogP contribution is 2.20. The molecular formula is C16H25N3OS. The molecule has 0 amide bonds. The van der Waals surface area contributed by atoms with Crippen LogP contribution in [0.3, 0.4) is 0 Å². The molecule has 1 aromatic rings. The fourth-order valence-corrected chi connectivity index (χ4v) is 2.90. The molecule has 2 atom stereocenters. The summed E-state index contributed by atoms with van der Waals surface area (Å²) in [5.41, 5.74) is 4.52. The largest absolute Gasteiger partial charge is 0.497 e. The Labute approximate surface area is 132 Å². The maximum Gasteiger partial charge on any atom is 0.181 e. The quantitative estimate of drug-likeness (QED) is 0.837. The molecule has 21 heavy (non-hydrogen) atoms. The first-order chi connectivity index (χ1) is 10.1. The number of thiocarbonyl (C=S) groups is 1. The van der Waals surface area contributed by atoms with E-state index in [9.17, 15) is 0 Å². The van der Waals surface area contributed by atoms with E-state index in [4.69, 9.17) is 17.0 Å². The molecule has 2 unspecified atom stereocenters. The highest BCUT2D eigenvalue weighted by molar-refractivity contribution is 7.80. The summed E-state index contributed by atoms with van der Waals surface area (Å²) in [5.74, 6) is 0.871. The molecule has 1 fully saturated rings. The van der Waals surface area contributed by atoms with Gasteiger partial charge in [-0.25, -0.2) is 5.01 Å². The minimum Gasteiger partial charge on any atom is -0.497 e. The van der Waals surface area contributed by atoms with Crippen LogP contribution in [0.25, 0.3) is 0 Å². The Morgan fingerprint density at radius 3 is 2.43 bits per heavy atom. The molecule has 1 aliphatic heterocycles. The molecule has 0 saturated carbocycles. The van der Waals surface area contributed by atoms with Crippen molar-refractivity contribution in [3.8, 4) is 5.75 Å². The number of nitrogens with zero attached hydrogens (tertiary/aromatic N) is 1. The summed E-state index contributed by atoms with van der Waals surface area (Å²) >= 11 is 5.40. The lowest BCUT2D eigenvalue weighted by Gasteiger charge is -2.39. The molecule has 1 aliphatic rings. The van der Waals surface area contributed by atoms with Gasteiger partial charge in [0, 0.05) is 18.6 Å². The SMILES string of the molecule is COc1ccc(CNC(=S)NN2C(C)CCCC2C)cc1. The molecule has 0 radical (unpaired) electrons. The van der Waals surface area contributed by atoms with E-state index in [1.807, 2.05) is 24.3 Å². The zero-order valence-corrected chi connectivity index (χ0v) is 13.9. The monoisotopic (exact) mass is 307 g/mol. The summed E-state index contributed by atoms with van der Waals surface area (Å²) in [7, 11) is 1.67. The van der Waals surface area contributed by atoms with Crippen LogP contribution in [0.1, 0.15) is 38.7 Å². The molecule has 1 aromatic carbocycles. The van der Waals surface area contributed by atoms with E-state index in [0.29, 0.717) is 23.7 Å². The third kappa shape index (κ3) is 4.58. The number of hydrogen-bond donors (Lipinski definition) is 2. The molecule has 0 bridgehead atoms. The van der Waals surface area contributed by atoms with Crippen LogP contribution in [0.4, 0.5) is 0 Å². The van der Waals surface area contributed by atoms with E-state index in [0.717, 1.165) is 5.75 Å². The normalized spacial score (nSPS) is 22.6. The van der Waals surface area contributed by atoms with Gasteiger partial charge in [0.15, 0.2) is 5.11 Å². The van der Waals surface area contributed by atoms with Gasteiger partial charge in [-0.3, -0.25) is 5.43 Å². The number of hydrazine groups is 1. The summed E-state index contributed by atoms with van der Waals surface area (Å²) in [6.07, 6.45) is 3.74. The van der Waals surface area contributed by atoms with E-state index in [1.54, 1.807) is 7.11 Å². The van der Waals surface area contributed by atoms with Crippen molar-refractivity contribution in [2.75, 3.05) is 7.11 Å². The Hall–Kier alpha value is -1.33. The molecule has 2 N–H and O–H groups in total. The molecule has 4 nitrogen and oxygen atoms in total. The number of methoxy groups -OCH3 is 1. The summed E-state index contributed by atoms with van der Waals surface area (Å²) in [5, 5.41) is 6.22. The highest BCUT2D eigenvalue weighted by Gasteiger charge is 2.25. The van der Waals surface area contributed by atoms with Gasteiger partial charge in [0.25, 0.3) is 0 Å². The second-order valence-corrected chi connectivity index (χ2v) is 6.09. The van der Waals surface area contributed by atoms with Crippen LogP contribution in [-0.4, -0.2) is 29.3 Å². The van der Waals surface area contributed by atoms with Crippen LogP contribution in [-0.2, 0) is 6.54 Å². The second-order valence-electron chi connectivity index (χ2n) is 5.68. The topological polar surface area (TPSA) is 36.5 Å². The van der Waals surface area contributed by atoms with Crippen LogP contribution < -0.4 is 15.5 Å². The molecule has 5 heteroatoms. The van der Waals surface area contributed by atoms with Gasteiger partial charge in [-0.1, -0.05) is 18.6 Å². The molecule has 0 spiro atoms. The van der Waals surface area contributed by atoms with E-state index < -0.39 is 0 Å². The van der Waals surface area contributed by atoms with Gasteiger partial charge < -0.3 is 10.1 Å². The minimum absolute atomic E-state index is 0.523. The van der Waals surface area contributed by atoms with Gasteiger partial charge in [-0.2, -0.15) is 0 Å². The maximum atomic E-state index is 5.40. The Morgan fingerprint density at radius 1 is 1.24 bits per heavy atom. The third-order valence-electron chi connectivity index (χ3n) is 4.04. The zero-order chi connectivity index (χ0) is 15.2. The van der Waals surface area contributed by atoms with Crippen LogP contribution in [0, 0.1) is 0 Å². The average Bonchev–Trinajstić information content (AvgIpc) is 2.49. The molecule has 1 heterocycles. The number of hydrogen-bond acceptors (Lipinski definition) is 3. The zero-order valence-electron chi connectivity index (χ0n) is 13.1. The molecular weight excluding hydrogens is 282 g/mol. The van der Waals surface area contributed by atoms with E-state index in [-0.39, 0.29) is 0 Å². The molecule has 2 rings (SSSR count). The van der Waals surface area contributed by atoms with Gasteiger partial charge in [-0.05, 0) is 56.6 Å². The number of nitrogens with one attached hydrogen (secondary N) is 2. The summed E-state index contributed by atoms with van der Waals surface area (Å²) < 4.78 is 5.15. The van der Waals surface area contributed by atoms with E-state index >= 15 is 0 Å². The van der Waals surface area contributed by atoms with Crippen molar-refractivity contribution in [2.45, 2.75) is 51.7 Å². The first-order valence-electron chi connectivity index (χ1n) is 7.56. The smallest absolute Gasteiger partial charge is 0.181 e. The van der Waals surface area contributed by atoms with Crippen LogP contribution in [0.5, 0.6) is 5.75 Å².